The summed E-state index contributed by atoms with van der Waals surface area (Å²) in [4.78, 5) is 4.06. The molecule has 0 saturated carbocycles. The molecule has 0 unspecified atom stereocenters. The minimum absolute atomic E-state index is 0.385. The summed E-state index contributed by atoms with van der Waals surface area (Å²) in [5, 5.41) is 4.89. The predicted molar refractivity (Wildman–Crippen MR) is 82.3 cm³/mol. The summed E-state index contributed by atoms with van der Waals surface area (Å²) in [6, 6.07) is 4.18. The number of hydrogen-bond acceptors (Lipinski definition) is 4. The van der Waals surface area contributed by atoms with Gasteiger partial charge in [0.05, 0.1) is 11.7 Å². The molecule has 2 aliphatic rings. The molecular formula is C17H21N3O2. The van der Waals surface area contributed by atoms with Crippen molar-refractivity contribution in [3.05, 3.63) is 35.8 Å². The van der Waals surface area contributed by atoms with Gasteiger partial charge in [0.1, 0.15) is 5.75 Å². The van der Waals surface area contributed by atoms with Crippen molar-refractivity contribution in [1.29, 1.82) is 0 Å². The molecule has 0 N–H and O–H groups in total. The highest BCUT2D eigenvalue weighted by Gasteiger charge is 2.27. The van der Waals surface area contributed by atoms with Gasteiger partial charge in [-0.3, -0.25) is 4.98 Å². The molecule has 2 aromatic heterocycles. The maximum absolute atomic E-state index is 6.22. The average Bonchev–Trinajstić information content (AvgIpc) is 2.95. The minimum atomic E-state index is 0.385. The van der Waals surface area contributed by atoms with Crippen molar-refractivity contribution in [3.63, 3.8) is 0 Å². The van der Waals surface area contributed by atoms with Crippen LogP contribution in [0.25, 0.3) is 0 Å². The zero-order valence-electron chi connectivity index (χ0n) is 12.7. The summed E-state index contributed by atoms with van der Waals surface area (Å²) < 4.78 is 13.8. The molecule has 1 saturated heterocycles. The van der Waals surface area contributed by atoms with Gasteiger partial charge in [0, 0.05) is 31.2 Å². The third-order valence-electron chi connectivity index (χ3n) is 4.53. The van der Waals surface area contributed by atoms with E-state index in [2.05, 4.69) is 9.67 Å². The second kappa shape index (κ2) is 6.08. The van der Waals surface area contributed by atoms with Crippen LogP contribution >= 0.6 is 0 Å². The van der Waals surface area contributed by atoms with Crippen molar-refractivity contribution in [2.75, 3.05) is 13.2 Å². The van der Waals surface area contributed by atoms with E-state index in [0.29, 0.717) is 6.04 Å². The smallest absolute Gasteiger partial charge is 0.221 e. The Morgan fingerprint density at radius 2 is 1.86 bits per heavy atom. The van der Waals surface area contributed by atoms with Crippen molar-refractivity contribution < 1.29 is 9.47 Å². The second-order valence-corrected chi connectivity index (χ2v) is 6.01. The highest BCUT2D eigenvalue weighted by atomic mass is 16.5. The van der Waals surface area contributed by atoms with Gasteiger partial charge in [0.2, 0.25) is 5.88 Å². The first-order chi connectivity index (χ1) is 10.9. The van der Waals surface area contributed by atoms with Gasteiger partial charge in [-0.25, -0.2) is 4.68 Å². The molecule has 0 atom stereocenters. The van der Waals surface area contributed by atoms with Gasteiger partial charge < -0.3 is 9.47 Å². The molecule has 1 aliphatic heterocycles. The normalized spacial score (nSPS) is 18.9. The maximum atomic E-state index is 6.22. The van der Waals surface area contributed by atoms with Crippen molar-refractivity contribution in [3.8, 4) is 11.6 Å². The van der Waals surface area contributed by atoms with Gasteiger partial charge in [-0.05, 0) is 50.7 Å². The van der Waals surface area contributed by atoms with E-state index in [4.69, 9.17) is 14.6 Å². The van der Waals surface area contributed by atoms with E-state index in [-0.39, 0.29) is 0 Å². The Bertz CT molecular complexity index is 633. The number of pyridine rings is 1. The molecule has 5 nitrogen and oxygen atoms in total. The molecule has 2 aromatic rings. The first kappa shape index (κ1) is 13.8. The first-order valence-corrected chi connectivity index (χ1v) is 8.18. The summed E-state index contributed by atoms with van der Waals surface area (Å²) in [5.41, 5.74) is 2.52. The fourth-order valence-corrected chi connectivity index (χ4v) is 3.35. The third-order valence-corrected chi connectivity index (χ3v) is 4.53. The number of fused-ring (bicyclic) bond motifs is 1. The molecule has 0 radical (unpaired) electrons. The monoisotopic (exact) mass is 299 g/mol. The lowest BCUT2D eigenvalue weighted by Gasteiger charge is -2.24. The van der Waals surface area contributed by atoms with Gasteiger partial charge >= 0.3 is 0 Å². The van der Waals surface area contributed by atoms with Crippen LogP contribution in [0.2, 0.25) is 0 Å². The predicted octanol–water partition coefficient (Wildman–Crippen LogP) is 3.30. The Morgan fingerprint density at radius 1 is 1.09 bits per heavy atom. The molecule has 116 valence electrons. The van der Waals surface area contributed by atoms with Crippen molar-refractivity contribution >= 4 is 0 Å². The van der Waals surface area contributed by atoms with E-state index in [1.165, 1.54) is 24.1 Å². The minimum Gasteiger partial charge on any atom is -0.439 e. The molecular weight excluding hydrogens is 278 g/mol. The second-order valence-electron chi connectivity index (χ2n) is 6.01. The summed E-state index contributed by atoms with van der Waals surface area (Å²) in [6.45, 7) is 1.62. The Labute approximate surface area is 130 Å². The number of ether oxygens (including phenoxy) is 2. The maximum Gasteiger partial charge on any atom is 0.221 e. The lowest BCUT2D eigenvalue weighted by molar-refractivity contribution is 0.0641. The van der Waals surface area contributed by atoms with E-state index in [9.17, 15) is 0 Å². The molecule has 5 heteroatoms. The van der Waals surface area contributed by atoms with Crippen LogP contribution in [0.5, 0.6) is 11.6 Å². The molecule has 0 spiro atoms. The fourth-order valence-electron chi connectivity index (χ4n) is 3.35. The van der Waals surface area contributed by atoms with Crippen molar-refractivity contribution in [2.45, 2.75) is 44.6 Å². The van der Waals surface area contributed by atoms with E-state index in [0.717, 1.165) is 50.5 Å². The summed E-state index contributed by atoms with van der Waals surface area (Å²) in [6.07, 6.45) is 10.1. The number of hydrogen-bond donors (Lipinski definition) is 0. The van der Waals surface area contributed by atoms with Crippen LogP contribution in [0.15, 0.2) is 24.5 Å². The van der Waals surface area contributed by atoms with E-state index < -0.39 is 0 Å². The molecule has 3 heterocycles. The molecule has 22 heavy (non-hydrogen) atoms. The van der Waals surface area contributed by atoms with Crippen LogP contribution in [-0.4, -0.2) is 28.0 Å². The molecule has 0 aromatic carbocycles. The van der Waals surface area contributed by atoms with Crippen molar-refractivity contribution in [1.82, 2.24) is 14.8 Å². The highest BCUT2D eigenvalue weighted by molar-refractivity contribution is 5.37. The quantitative estimate of drug-likeness (QED) is 0.872. The van der Waals surface area contributed by atoms with Gasteiger partial charge in [0.15, 0.2) is 0 Å². The van der Waals surface area contributed by atoms with Crippen LogP contribution in [0.1, 0.15) is 43.0 Å². The zero-order valence-corrected chi connectivity index (χ0v) is 12.7. The lowest BCUT2D eigenvalue weighted by Crippen LogP contribution is -2.21. The van der Waals surface area contributed by atoms with Crippen molar-refractivity contribution in [2.24, 2.45) is 0 Å². The summed E-state index contributed by atoms with van der Waals surface area (Å²) in [7, 11) is 0. The Balaban J connectivity index is 1.71. The zero-order chi connectivity index (χ0) is 14.8. The summed E-state index contributed by atoms with van der Waals surface area (Å²) >= 11 is 0. The third kappa shape index (κ3) is 2.61. The SMILES string of the molecule is c1cc(Oc2c3c(nn2C2CCOCC2)CCCC3)ccn1. The standard InChI is InChI=1S/C17H21N3O2/c1-2-4-16-15(3-1)17(22-14-5-9-18-10-6-14)20(19-16)13-7-11-21-12-8-13/h5-6,9-10,13H,1-4,7-8,11-12H2. The summed E-state index contributed by atoms with van der Waals surface area (Å²) in [5.74, 6) is 1.77. The molecule has 0 amide bonds. The molecule has 0 bridgehead atoms. The Hall–Kier alpha value is -1.88. The number of rotatable bonds is 3. The van der Waals surface area contributed by atoms with Gasteiger partial charge in [-0.2, -0.15) is 5.10 Å². The van der Waals surface area contributed by atoms with Crippen LogP contribution in [-0.2, 0) is 17.6 Å². The van der Waals surface area contributed by atoms with Gasteiger partial charge in [-0.15, -0.1) is 0 Å². The van der Waals surface area contributed by atoms with Crippen LogP contribution in [0.3, 0.4) is 0 Å². The largest absolute Gasteiger partial charge is 0.439 e. The highest BCUT2D eigenvalue weighted by Crippen LogP contribution is 2.36. The first-order valence-electron chi connectivity index (χ1n) is 8.18. The van der Waals surface area contributed by atoms with Gasteiger partial charge in [-0.1, -0.05) is 0 Å². The molecule has 1 fully saturated rings. The van der Waals surface area contributed by atoms with Gasteiger partial charge in [0.25, 0.3) is 0 Å². The molecule has 1 aliphatic carbocycles. The van der Waals surface area contributed by atoms with E-state index in [1.54, 1.807) is 12.4 Å². The number of nitrogens with zero attached hydrogens (tertiary/aromatic N) is 3. The fraction of sp³-hybridized carbons (Fsp3) is 0.529. The average molecular weight is 299 g/mol. The molecule has 4 rings (SSSR count). The van der Waals surface area contributed by atoms with Crippen LogP contribution in [0.4, 0.5) is 0 Å². The van der Waals surface area contributed by atoms with E-state index >= 15 is 0 Å². The lowest BCUT2D eigenvalue weighted by atomic mass is 9.98. The van der Waals surface area contributed by atoms with E-state index in [1.807, 2.05) is 12.1 Å². The topological polar surface area (TPSA) is 49.2 Å². The Kier molecular flexibility index (Phi) is 3.81. The Morgan fingerprint density at radius 3 is 2.68 bits per heavy atom. The van der Waals surface area contributed by atoms with Crippen LogP contribution in [0, 0.1) is 0 Å². The number of aromatic nitrogens is 3. The van der Waals surface area contributed by atoms with Crippen LogP contribution < -0.4 is 4.74 Å². The number of aryl methyl sites for hydroxylation is 1.